The summed E-state index contributed by atoms with van der Waals surface area (Å²) >= 11 is 0. The molecule has 6 heteroatoms. The molecule has 0 fully saturated rings. The monoisotopic (exact) mass is 281 g/mol. The maximum atomic E-state index is 12.1. The number of unbranched alkanes of at least 4 members (excludes halogenated alkanes) is 2. The number of hydrogen-bond acceptors (Lipinski definition) is 4. The molecule has 20 heavy (non-hydrogen) atoms. The molecule has 0 aliphatic carbocycles. The van der Waals surface area contributed by atoms with Gasteiger partial charge in [0.15, 0.2) is 5.82 Å². The molecule has 0 radical (unpaired) electrons. The van der Waals surface area contributed by atoms with Crippen molar-refractivity contribution in [3.63, 3.8) is 0 Å². The number of aryl methyl sites for hydroxylation is 1. The standard InChI is InChI=1S/C14H23N3O3/c1-5-6-7-8-15-12(18)14(3,4)13(19)16-11-9-10(2)20-17-11/h9H,5-8H2,1-4H3,(H,15,18)(H,16,17,19). The fraction of sp³-hybridized carbons (Fsp3) is 0.643. The molecule has 0 aliphatic rings. The van der Waals surface area contributed by atoms with Crippen molar-refractivity contribution in [2.75, 3.05) is 11.9 Å². The van der Waals surface area contributed by atoms with E-state index in [1.165, 1.54) is 0 Å². The molecule has 0 spiro atoms. The summed E-state index contributed by atoms with van der Waals surface area (Å²) in [6.07, 6.45) is 3.07. The lowest BCUT2D eigenvalue weighted by molar-refractivity contribution is -0.138. The molecule has 0 atom stereocenters. The quantitative estimate of drug-likeness (QED) is 0.593. The molecular weight excluding hydrogens is 258 g/mol. The van der Waals surface area contributed by atoms with Crippen molar-refractivity contribution in [1.29, 1.82) is 0 Å². The van der Waals surface area contributed by atoms with E-state index in [1.807, 2.05) is 0 Å². The zero-order chi connectivity index (χ0) is 15.2. The second-order valence-corrected chi connectivity index (χ2v) is 5.36. The highest BCUT2D eigenvalue weighted by Gasteiger charge is 2.36. The summed E-state index contributed by atoms with van der Waals surface area (Å²) in [6.45, 7) is 7.59. The molecule has 0 bridgehead atoms. The molecule has 6 nitrogen and oxygen atoms in total. The predicted molar refractivity (Wildman–Crippen MR) is 76.2 cm³/mol. The average Bonchev–Trinajstić information content (AvgIpc) is 2.79. The van der Waals surface area contributed by atoms with E-state index in [1.54, 1.807) is 26.8 Å². The van der Waals surface area contributed by atoms with Crippen LogP contribution in [0.25, 0.3) is 0 Å². The highest BCUT2D eigenvalue weighted by molar-refractivity contribution is 6.09. The van der Waals surface area contributed by atoms with Gasteiger partial charge in [-0.3, -0.25) is 9.59 Å². The van der Waals surface area contributed by atoms with E-state index in [0.717, 1.165) is 19.3 Å². The van der Waals surface area contributed by atoms with Crippen molar-refractivity contribution >= 4 is 17.6 Å². The summed E-state index contributed by atoms with van der Waals surface area (Å²) in [6, 6.07) is 1.60. The third-order valence-corrected chi connectivity index (χ3v) is 3.07. The topological polar surface area (TPSA) is 84.2 Å². The highest BCUT2D eigenvalue weighted by atomic mass is 16.5. The third-order valence-electron chi connectivity index (χ3n) is 3.07. The first-order chi connectivity index (χ1) is 9.37. The smallest absolute Gasteiger partial charge is 0.240 e. The van der Waals surface area contributed by atoms with Gasteiger partial charge in [0.1, 0.15) is 11.2 Å². The van der Waals surface area contributed by atoms with Gasteiger partial charge in [0.25, 0.3) is 0 Å². The van der Waals surface area contributed by atoms with Crippen LogP contribution in [0.1, 0.15) is 45.8 Å². The summed E-state index contributed by atoms with van der Waals surface area (Å²) in [5.74, 6) is 0.228. The van der Waals surface area contributed by atoms with Gasteiger partial charge in [0.2, 0.25) is 11.8 Å². The van der Waals surface area contributed by atoms with Crippen LogP contribution < -0.4 is 10.6 Å². The Hall–Kier alpha value is -1.85. The normalized spacial score (nSPS) is 11.2. The van der Waals surface area contributed by atoms with Crippen LogP contribution in [-0.4, -0.2) is 23.5 Å². The highest BCUT2D eigenvalue weighted by Crippen LogP contribution is 2.19. The van der Waals surface area contributed by atoms with Crippen molar-refractivity contribution in [2.24, 2.45) is 5.41 Å². The number of hydrogen-bond donors (Lipinski definition) is 2. The van der Waals surface area contributed by atoms with Crippen LogP contribution in [-0.2, 0) is 9.59 Å². The second-order valence-electron chi connectivity index (χ2n) is 5.36. The third kappa shape index (κ3) is 4.36. The fourth-order valence-corrected chi connectivity index (χ4v) is 1.60. The van der Waals surface area contributed by atoms with Crippen LogP contribution >= 0.6 is 0 Å². The summed E-state index contributed by atoms with van der Waals surface area (Å²) in [7, 11) is 0. The van der Waals surface area contributed by atoms with Crippen LogP contribution in [0, 0.1) is 12.3 Å². The molecule has 112 valence electrons. The van der Waals surface area contributed by atoms with Crippen LogP contribution in [0.15, 0.2) is 10.6 Å². The Morgan fingerprint density at radius 3 is 2.55 bits per heavy atom. The van der Waals surface area contributed by atoms with Crippen LogP contribution in [0.3, 0.4) is 0 Å². The van der Waals surface area contributed by atoms with Crippen molar-refractivity contribution in [1.82, 2.24) is 10.5 Å². The number of amides is 2. The van der Waals surface area contributed by atoms with E-state index in [2.05, 4.69) is 22.7 Å². The Kier molecular flexibility index (Phi) is 5.73. The maximum absolute atomic E-state index is 12.1. The van der Waals surface area contributed by atoms with Gasteiger partial charge in [-0.15, -0.1) is 0 Å². The Bertz CT molecular complexity index is 466. The van der Waals surface area contributed by atoms with Crippen LogP contribution in [0.4, 0.5) is 5.82 Å². The first-order valence-corrected chi connectivity index (χ1v) is 6.91. The number of carbonyl (C=O) groups excluding carboxylic acids is 2. The molecule has 1 aromatic heterocycles. The molecule has 0 unspecified atom stereocenters. The summed E-state index contributed by atoms with van der Waals surface area (Å²) in [5.41, 5.74) is -1.15. The number of aromatic nitrogens is 1. The first kappa shape index (κ1) is 16.2. The maximum Gasteiger partial charge on any atom is 0.240 e. The molecule has 0 aromatic carbocycles. The molecular formula is C14H23N3O3. The van der Waals surface area contributed by atoms with Gasteiger partial charge in [0.05, 0.1) is 0 Å². The first-order valence-electron chi connectivity index (χ1n) is 6.91. The Labute approximate surface area is 119 Å². The number of nitrogens with one attached hydrogen (secondary N) is 2. The molecule has 0 saturated heterocycles. The van der Waals surface area contributed by atoms with Crippen LogP contribution in [0.5, 0.6) is 0 Å². The Balaban J connectivity index is 2.53. The van der Waals surface area contributed by atoms with Gasteiger partial charge in [-0.2, -0.15) is 0 Å². The van der Waals surface area contributed by atoms with Crippen LogP contribution in [0.2, 0.25) is 0 Å². The molecule has 2 N–H and O–H groups in total. The van der Waals surface area contributed by atoms with Gasteiger partial charge in [-0.1, -0.05) is 24.9 Å². The number of nitrogens with zero attached hydrogens (tertiary/aromatic N) is 1. The minimum Gasteiger partial charge on any atom is -0.360 e. The minimum atomic E-state index is -1.15. The summed E-state index contributed by atoms with van der Waals surface area (Å²) < 4.78 is 4.87. The molecule has 0 aliphatic heterocycles. The Morgan fingerprint density at radius 2 is 2.00 bits per heavy atom. The van der Waals surface area contributed by atoms with Crippen molar-refractivity contribution < 1.29 is 14.1 Å². The number of anilines is 1. The number of rotatable bonds is 7. The molecule has 0 saturated carbocycles. The largest absolute Gasteiger partial charge is 0.360 e. The van der Waals surface area contributed by atoms with Gasteiger partial charge in [-0.25, -0.2) is 0 Å². The van der Waals surface area contributed by atoms with Gasteiger partial charge in [0, 0.05) is 12.6 Å². The van der Waals surface area contributed by atoms with E-state index < -0.39 is 11.3 Å². The van der Waals surface area contributed by atoms with E-state index in [9.17, 15) is 9.59 Å². The molecule has 1 rings (SSSR count). The zero-order valence-corrected chi connectivity index (χ0v) is 12.6. The SMILES string of the molecule is CCCCCNC(=O)C(C)(C)C(=O)Nc1cc(C)on1. The van der Waals surface area contributed by atoms with Gasteiger partial charge < -0.3 is 15.2 Å². The minimum absolute atomic E-state index is 0.286. The summed E-state index contributed by atoms with van der Waals surface area (Å²) in [5, 5.41) is 9.04. The van der Waals surface area contributed by atoms with Crippen molar-refractivity contribution in [3.8, 4) is 0 Å². The second kappa shape index (κ2) is 7.07. The Morgan fingerprint density at radius 1 is 1.30 bits per heavy atom. The fourth-order valence-electron chi connectivity index (χ4n) is 1.60. The molecule has 2 amide bonds. The molecule has 1 heterocycles. The predicted octanol–water partition coefficient (Wildman–Crippen LogP) is 2.25. The lowest BCUT2D eigenvalue weighted by Crippen LogP contribution is -2.45. The lowest BCUT2D eigenvalue weighted by atomic mass is 9.91. The van der Waals surface area contributed by atoms with Gasteiger partial charge in [-0.05, 0) is 27.2 Å². The lowest BCUT2D eigenvalue weighted by Gasteiger charge is -2.21. The van der Waals surface area contributed by atoms with E-state index >= 15 is 0 Å². The van der Waals surface area contributed by atoms with Gasteiger partial charge >= 0.3 is 0 Å². The summed E-state index contributed by atoms with van der Waals surface area (Å²) in [4.78, 5) is 24.2. The van der Waals surface area contributed by atoms with Crippen molar-refractivity contribution in [2.45, 2.75) is 47.0 Å². The van der Waals surface area contributed by atoms with E-state index in [-0.39, 0.29) is 5.91 Å². The van der Waals surface area contributed by atoms with E-state index in [0.29, 0.717) is 18.1 Å². The average molecular weight is 281 g/mol. The van der Waals surface area contributed by atoms with E-state index in [4.69, 9.17) is 4.52 Å². The zero-order valence-electron chi connectivity index (χ0n) is 12.6. The van der Waals surface area contributed by atoms with Crippen molar-refractivity contribution in [3.05, 3.63) is 11.8 Å². The molecule has 1 aromatic rings. The number of carbonyl (C=O) groups is 2.